The Bertz CT molecular complexity index is 488. The van der Waals surface area contributed by atoms with Crippen molar-refractivity contribution in [3.63, 3.8) is 0 Å². The number of thiophene rings is 1. The van der Waals surface area contributed by atoms with Crippen molar-refractivity contribution in [2.24, 2.45) is 0 Å². The molecule has 1 aromatic rings. The van der Waals surface area contributed by atoms with Crippen LogP contribution in [0.25, 0.3) is 0 Å². The van der Waals surface area contributed by atoms with Crippen molar-refractivity contribution in [2.75, 3.05) is 45.9 Å². The summed E-state index contributed by atoms with van der Waals surface area (Å²) in [4.78, 5) is 17.6. The van der Waals surface area contributed by atoms with Crippen LogP contribution in [0.5, 0.6) is 0 Å². The number of hydrogen-bond acceptors (Lipinski definition) is 5. The highest BCUT2D eigenvalue weighted by Gasteiger charge is 2.39. The van der Waals surface area contributed by atoms with Crippen LogP contribution in [-0.4, -0.2) is 72.4 Å². The summed E-state index contributed by atoms with van der Waals surface area (Å²) in [6, 6.07) is 4.08. The van der Waals surface area contributed by atoms with E-state index in [1.807, 2.05) is 16.3 Å². The van der Waals surface area contributed by atoms with Crippen LogP contribution in [-0.2, 0) is 16.0 Å². The Hall–Kier alpha value is -0.950. The first-order valence-electron chi connectivity index (χ1n) is 7.97. The molecule has 3 heterocycles. The Labute approximate surface area is 135 Å². The average Bonchev–Trinajstić information content (AvgIpc) is 3.16. The third-order valence-corrected chi connectivity index (χ3v) is 5.41. The maximum Gasteiger partial charge on any atom is 0.223 e. The van der Waals surface area contributed by atoms with Crippen molar-refractivity contribution < 1.29 is 14.6 Å². The minimum absolute atomic E-state index is 0.159. The van der Waals surface area contributed by atoms with Gasteiger partial charge in [0.1, 0.15) is 0 Å². The van der Waals surface area contributed by atoms with Gasteiger partial charge in [0, 0.05) is 37.5 Å². The van der Waals surface area contributed by atoms with Crippen LogP contribution in [0, 0.1) is 0 Å². The normalized spacial score (nSPS) is 26.5. The Morgan fingerprint density at radius 1 is 1.36 bits per heavy atom. The number of rotatable bonds is 5. The molecular formula is C16H24N2O3S. The van der Waals surface area contributed by atoms with Gasteiger partial charge in [-0.25, -0.2) is 0 Å². The zero-order valence-corrected chi connectivity index (χ0v) is 13.7. The lowest BCUT2D eigenvalue weighted by atomic mass is 10.0. The molecule has 5 nitrogen and oxygen atoms in total. The monoisotopic (exact) mass is 324 g/mol. The summed E-state index contributed by atoms with van der Waals surface area (Å²) < 4.78 is 5.34. The van der Waals surface area contributed by atoms with Gasteiger partial charge in [0.15, 0.2) is 0 Å². The van der Waals surface area contributed by atoms with Gasteiger partial charge in [0.25, 0.3) is 0 Å². The molecule has 0 bridgehead atoms. The van der Waals surface area contributed by atoms with Crippen LogP contribution in [0.1, 0.15) is 17.7 Å². The Balaban J connectivity index is 1.46. The van der Waals surface area contributed by atoms with E-state index in [0.717, 1.165) is 32.7 Å². The fourth-order valence-corrected chi connectivity index (χ4v) is 3.93. The second kappa shape index (κ2) is 7.08. The van der Waals surface area contributed by atoms with E-state index in [1.54, 1.807) is 11.3 Å². The summed E-state index contributed by atoms with van der Waals surface area (Å²) >= 11 is 1.69. The van der Waals surface area contributed by atoms with Gasteiger partial charge in [0.2, 0.25) is 5.91 Å². The molecule has 2 saturated heterocycles. The van der Waals surface area contributed by atoms with Crippen molar-refractivity contribution in [1.82, 2.24) is 9.80 Å². The number of amides is 1. The van der Waals surface area contributed by atoms with E-state index in [2.05, 4.69) is 11.0 Å². The number of carbonyl (C=O) groups is 1. The summed E-state index contributed by atoms with van der Waals surface area (Å²) in [5.41, 5.74) is -0.754. The van der Waals surface area contributed by atoms with E-state index in [-0.39, 0.29) is 5.91 Å². The minimum atomic E-state index is -0.754. The number of carbonyl (C=O) groups excluding carboxylic acids is 1. The van der Waals surface area contributed by atoms with Crippen LogP contribution < -0.4 is 0 Å². The van der Waals surface area contributed by atoms with Crippen LogP contribution in [0.3, 0.4) is 0 Å². The fourth-order valence-electron chi connectivity index (χ4n) is 3.22. The molecule has 0 saturated carbocycles. The number of morpholine rings is 1. The molecule has 0 aromatic carbocycles. The lowest BCUT2D eigenvalue weighted by Crippen LogP contribution is -2.49. The van der Waals surface area contributed by atoms with Gasteiger partial charge in [-0.3, -0.25) is 9.69 Å². The molecular weight excluding hydrogens is 300 g/mol. The Morgan fingerprint density at radius 3 is 2.91 bits per heavy atom. The number of hydrogen-bond donors (Lipinski definition) is 1. The van der Waals surface area contributed by atoms with E-state index in [1.165, 1.54) is 4.88 Å². The highest BCUT2D eigenvalue weighted by Crippen LogP contribution is 2.24. The first-order chi connectivity index (χ1) is 10.6. The van der Waals surface area contributed by atoms with E-state index in [0.29, 0.717) is 32.5 Å². The van der Waals surface area contributed by atoms with Crippen LogP contribution in [0.15, 0.2) is 17.5 Å². The Kier molecular flexibility index (Phi) is 5.13. The molecule has 3 rings (SSSR count). The Morgan fingerprint density at radius 2 is 2.18 bits per heavy atom. The predicted molar refractivity (Wildman–Crippen MR) is 86.0 cm³/mol. The second-order valence-electron chi connectivity index (χ2n) is 6.26. The molecule has 2 aliphatic heterocycles. The van der Waals surface area contributed by atoms with E-state index in [9.17, 15) is 9.90 Å². The van der Waals surface area contributed by atoms with Crippen molar-refractivity contribution in [3.8, 4) is 0 Å². The highest BCUT2D eigenvalue weighted by molar-refractivity contribution is 7.09. The molecule has 2 fully saturated rings. The molecule has 1 aromatic heterocycles. The average molecular weight is 324 g/mol. The summed E-state index contributed by atoms with van der Waals surface area (Å²) in [5, 5.41) is 12.8. The zero-order valence-electron chi connectivity index (χ0n) is 12.9. The van der Waals surface area contributed by atoms with Gasteiger partial charge in [-0.2, -0.15) is 0 Å². The molecule has 22 heavy (non-hydrogen) atoms. The smallest absolute Gasteiger partial charge is 0.223 e. The van der Waals surface area contributed by atoms with Crippen molar-refractivity contribution in [3.05, 3.63) is 22.4 Å². The van der Waals surface area contributed by atoms with E-state index < -0.39 is 5.60 Å². The minimum Gasteiger partial charge on any atom is -0.387 e. The number of aryl methyl sites for hydroxylation is 1. The van der Waals surface area contributed by atoms with Crippen LogP contribution >= 0.6 is 11.3 Å². The zero-order chi connectivity index (χ0) is 15.4. The summed E-state index contributed by atoms with van der Waals surface area (Å²) in [7, 11) is 0. The molecule has 1 amide bonds. The SMILES string of the molecule is O=C(CCc1cccs1)N1CC[C@](O)(CN2CCOCC2)C1. The second-order valence-corrected chi connectivity index (χ2v) is 7.29. The maximum atomic E-state index is 12.3. The maximum absolute atomic E-state index is 12.3. The van der Waals surface area contributed by atoms with Crippen molar-refractivity contribution in [2.45, 2.75) is 24.9 Å². The van der Waals surface area contributed by atoms with Gasteiger partial charge >= 0.3 is 0 Å². The number of likely N-dealkylation sites (tertiary alicyclic amines) is 1. The molecule has 1 atom stereocenters. The molecule has 0 radical (unpaired) electrons. The van der Waals surface area contributed by atoms with Crippen molar-refractivity contribution in [1.29, 1.82) is 0 Å². The molecule has 0 spiro atoms. The largest absolute Gasteiger partial charge is 0.387 e. The molecule has 0 aliphatic carbocycles. The first-order valence-corrected chi connectivity index (χ1v) is 8.85. The number of aliphatic hydroxyl groups is 1. The summed E-state index contributed by atoms with van der Waals surface area (Å²) in [5.74, 6) is 0.159. The summed E-state index contributed by atoms with van der Waals surface area (Å²) in [6.07, 6.45) is 2.01. The van der Waals surface area contributed by atoms with E-state index >= 15 is 0 Å². The van der Waals surface area contributed by atoms with Crippen LogP contribution in [0.4, 0.5) is 0 Å². The first kappa shape index (κ1) is 15.9. The van der Waals surface area contributed by atoms with E-state index in [4.69, 9.17) is 4.74 Å². The van der Waals surface area contributed by atoms with Crippen molar-refractivity contribution >= 4 is 17.2 Å². The van der Waals surface area contributed by atoms with Gasteiger partial charge in [-0.1, -0.05) is 6.07 Å². The van der Waals surface area contributed by atoms with Gasteiger partial charge < -0.3 is 14.7 Å². The van der Waals surface area contributed by atoms with Gasteiger partial charge in [0.05, 0.1) is 25.4 Å². The topological polar surface area (TPSA) is 53.0 Å². The summed E-state index contributed by atoms with van der Waals surface area (Å²) in [6.45, 7) is 4.99. The lowest BCUT2D eigenvalue weighted by molar-refractivity contribution is -0.131. The molecule has 0 unspecified atom stereocenters. The van der Waals surface area contributed by atoms with Gasteiger partial charge in [-0.05, 0) is 24.3 Å². The third kappa shape index (κ3) is 4.07. The quantitative estimate of drug-likeness (QED) is 0.877. The number of nitrogens with zero attached hydrogens (tertiary/aromatic N) is 2. The predicted octanol–water partition coefficient (Wildman–Crippen LogP) is 0.976. The fraction of sp³-hybridized carbons (Fsp3) is 0.688. The van der Waals surface area contributed by atoms with Crippen LogP contribution in [0.2, 0.25) is 0 Å². The number of ether oxygens (including phenoxy) is 1. The lowest BCUT2D eigenvalue weighted by Gasteiger charge is -2.33. The highest BCUT2D eigenvalue weighted by atomic mass is 32.1. The third-order valence-electron chi connectivity index (χ3n) is 4.47. The molecule has 1 N–H and O–H groups in total. The molecule has 122 valence electrons. The standard InChI is InChI=1S/C16H24N2O3S/c19-15(4-3-14-2-1-11-22-14)18-6-5-16(20,13-18)12-17-7-9-21-10-8-17/h1-2,11,20H,3-10,12-13H2/t16-/m0/s1. The molecule has 6 heteroatoms. The van der Waals surface area contributed by atoms with Gasteiger partial charge in [-0.15, -0.1) is 11.3 Å². The molecule has 2 aliphatic rings. The number of β-amino-alcohol motifs (C(OH)–C–C–N with tert-alkyl or cyclic N) is 1.